The van der Waals surface area contributed by atoms with Gasteiger partial charge < -0.3 is 19.5 Å². The predicted molar refractivity (Wildman–Crippen MR) is 139 cm³/mol. The van der Waals surface area contributed by atoms with E-state index in [1.54, 1.807) is 4.57 Å². The second-order valence-corrected chi connectivity index (χ2v) is 9.64. The summed E-state index contributed by atoms with van der Waals surface area (Å²) < 4.78 is 34.9. The van der Waals surface area contributed by atoms with Crippen LogP contribution in [0.2, 0.25) is 0 Å². The molecule has 0 fully saturated rings. The minimum Gasteiger partial charge on any atom is -0.483 e. The van der Waals surface area contributed by atoms with Gasteiger partial charge in [0, 0.05) is 37.5 Å². The van der Waals surface area contributed by atoms with Crippen molar-refractivity contribution in [2.75, 3.05) is 20.1 Å². The molecule has 7 nitrogen and oxygen atoms in total. The molecule has 0 saturated carbocycles. The third-order valence-electron chi connectivity index (χ3n) is 6.57. The maximum Gasteiger partial charge on any atom is 0.257 e. The Bertz CT molecular complexity index is 1420. The van der Waals surface area contributed by atoms with E-state index in [1.807, 2.05) is 56.5 Å². The number of aldehydes is 1. The Morgan fingerprint density at radius 2 is 1.92 bits per heavy atom. The minimum atomic E-state index is -0.813. The van der Waals surface area contributed by atoms with Crippen molar-refractivity contribution in [2.24, 2.45) is 0 Å². The van der Waals surface area contributed by atoms with Crippen LogP contribution < -0.4 is 15.5 Å². The number of pyridine rings is 1. The Kier molecular flexibility index (Phi) is 8.16. The quantitative estimate of drug-likeness (QED) is 0.357. The van der Waals surface area contributed by atoms with Crippen LogP contribution in [0.4, 0.5) is 8.78 Å². The maximum absolute atomic E-state index is 14.1. The fourth-order valence-corrected chi connectivity index (χ4v) is 4.61. The molecule has 1 atom stereocenters. The molecule has 1 aliphatic rings. The molecule has 4 rings (SSSR count). The molecule has 3 aromatic rings. The van der Waals surface area contributed by atoms with Gasteiger partial charge in [-0.2, -0.15) is 0 Å². The summed E-state index contributed by atoms with van der Waals surface area (Å²) in [6.45, 7) is 2.93. The lowest BCUT2D eigenvalue weighted by Gasteiger charge is -2.36. The molecule has 0 spiro atoms. The molecule has 0 saturated heterocycles. The molecular weight excluding hydrogens is 492 g/mol. The average molecular weight is 522 g/mol. The number of nitrogens with one attached hydrogen (secondary N) is 1. The average Bonchev–Trinajstić information content (AvgIpc) is 3.07. The van der Waals surface area contributed by atoms with E-state index in [1.165, 1.54) is 12.3 Å². The Labute approximate surface area is 219 Å². The van der Waals surface area contributed by atoms with Gasteiger partial charge in [-0.3, -0.25) is 14.4 Å². The summed E-state index contributed by atoms with van der Waals surface area (Å²) in [6, 6.07) is 12.2. The van der Waals surface area contributed by atoms with E-state index in [9.17, 15) is 23.2 Å². The third kappa shape index (κ3) is 5.89. The number of nitrogens with zero attached hydrogens (tertiary/aromatic N) is 2. The molecule has 38 heavy (non-hydrogen) atoms. The number of halogens is 2. The van der Waals surface area contributed by atoms with Crippen LogP contribution in [0, 0.1) is 11.6 Å². The molecule has 198 valence electrons. The summed E-state index contributed by atoms with van der Waals surface area (Å²) in [5.74, 6) is -2.55. The second-order valence-electron chi connectivity index (χ2n) is 9.64. The number of amides is 1. The highest BCUT2D eigenvalue weighted by Gasteiger charge is 2.33. The minimum absolute atomic E-state index is 0.0132. The zero-order chi connectivity index (χ0) is 27.3. The highest BCUT2D eigenvalue weighted by molar-refractivity contribution is 5.95. The number of benzene rings is 2. The van der Waals surface area contributed by atoms with Crippen LogP contribution in [0.25, 0.3) is 0 Å². The molecule has 1 unspecified atom stereocenters. The number of hydrogen-bond acceptors (Lipinski definition) is 5. The molecule has 1 aliphatic heterocycles. The van der Waals surface area contributed by atoms with E-state index in [4.69, 9.17) is 4.74 Å². The first-order valence-corrected chi connectivity index (χ1v) is 12.2. The normalized spacial score (nSPS) is 17.6. The molecule has 9 heteroatoms. The number of carbonyl (C=O) groups excluding carboxylic acids is 2. The topological polar surface area (TPSA) is 80.6 Å². The number of hydrogen-bond donors (Lipinski definition) is 1. The van der Waals surface area contributed by atoms with E-state index in [-0.39, 0.29) is 35.7 Å². The standard InChI is InChI=1S/C29H29F2N3O4/c1-29(12-6-7-13-33(2)19-29)34-16-23(28(37)32-15-21-10-11-22(30)14-24(21)31)26(36)27(25(34)17-35)38-18-20-8-4-3-5-9-20/h3-11,14,16-17H,12-13,15,18-19H2,1-2H3,(H,32,37). The van der Waals surface area contributed by atoms with E-state index < -0.39 is 28.5 Å². The van der Waals surface area contributed by atoms with Crippen LogP contribution >= 0.6 is 0 Å². The highest BCUT2D eigenvalue weighted by Crippen LogP contribution is 2.29. The summed E-state index contributed by atoms with van der Waals surface area (Å²) in [5.41, 5.74) is -0.823. The van der Waals surface area contributed by atoms with Gasteiger partial charge in [-0.15, -0.1) is 0 Å². The summed E-state index contributed by atoms with van der Waals surface area (Å²) >= 11 is 0. The summed E-state index contributed by atoms with van der Waals surface area (Å²) in [7, 11) is 1.94. The molecule has 2 heterocycles. The summed E-state index contributed by atoms with van der Waals surface area (Å²) in [4.78, 5) is 41.2. The first-order valence-electron chi connectivity index (χ1n) is 12.2. The van der Waals surface area contributed by atoms with Crippen LogP contribution in [0.3, 0.4) is 0 Å². The Morgan fingerprint density at radius 3 is 2.63 bits per heavy atom. The smallest absolute Gasteiger partial charge is 0.257 e. The molecule has 1 amide bonds. The lowest BCUT2D eigenvalue weighted by atomic mass is 9.95. The molecule has 0 bridgehead atoms. The summed E-state index contributed by atoms with van der Waals surface area (Å²) in [6.07, 6.45) is 6.49. The lowest BCUT2D eigenvalue weighted by molar-refractivity contribution is 0.0944. The fourth-order valence-electron chi connectivity index (χ4n) is 4.61. The predicted octanol–water partition coefficient (Wildman–Crippen LogP) is 4.05. The Balaban J connectivity index is 1.76. The van der Waals surface area contributed by atoms with E-state index in [0.717, 1.165) is 17.7 Å². The van der Waals surface area contributed by atoms with Crippen molar-refractivity contribution in [3.05, 3.63) is 111 Å². The molecule has 0 radical (unpaired) electrons. The number of rotatable bonds is 8. The molecular formula is C29H29F2N3O4. The monoisotopic (exact) mass is 521 g/mol. The van der Waals surface area contributed by atoms with Crippen LogP contribution in [-0.2, 0) is 18.7 Å². The van der Waals surface area contributed by atoms with E-state index in [0.29, 0.717) is 25.8 Å². The maximum atomic E-state index is 14.1. The first kappa shape index (κ1) is 26.9. The summed E-state index contributed by atoms with van der Waals surface area (Å²) in [5, 5.41) is 2.54. The van der Waals surface area contributed by atoms with Gasteiger partial charge in [0.05, 0.1) is 5.54 Å². The van der Waals surface area contributed by atoms with Gasteiger partial charge in [0.1, 0.15) is 29.5 Å². The lowest BCUT2D eigenvalue weighted by Crippen LogP contribution is -2.43. The van der Waals surface area contributed by atoms with Crippen molar-refractivity contribution >= 4 is 12.2 Å². The van der Waals surface area contributed by atoms with Gasteiger partial charge >= 0.3 is 0 Å². The van der Waals surface area contributed by atoms with E-state index in [2.05, 4.69) is 10.2 Å². The second kappa shape index (κ2) is 11.5. The van der Waals surface area contributed by atoms with Gasteiger partial charge in [-0.05, 0) is 32.0 Å². The Morgan fingerprint density at radius 1 is 1.16 bits per heavy atom. The SMILES string of the molecule is CN1CC=CCC(C)(n2cc(C(=O)NCc3ccc(F)cc3F)c(=O)c(OCc3ccccc3)c2C=O)C1. The zero-order valence-corrected chi connectivity index (χ0v) is 21.2. The third-order valence-corrected chi connectivity index (χ3v) is 6.57. The van der Waals surface area contributed by atoms with Gasteiger partial charge in [0.25, 0.3) is 5.91 Å². The molecule has 0 aliphatic carbocycles. The van der Waals surface area contributed by atoms with Crippen molar-refractivity contribution in [1.82, 2.24) is 14.8 Å². The number of likely N-dealkylation sites (N-methyl/N-ethyl adjacent to an activating group) is 1. The Hall–Kier alpha value is -4.11. The van der Waals surface area contributed by atoms with Gasteiger partial charge in [-0.25, -0.2) is 8.78 Å². The number of carbonyl (C=O) groups is 2. The van der Waals surface area contributed by atoms with Crippen LogP contribution in [0.5, 0.6) is 5.75 Å². The molecule has 1 aromatic heterocycles. The zero-order valence-electron chi connectivity index (χ0n) is 21.2. The van der Waals surface area contributed by atoms with E-state index >= 15 is 0 Å². The first-order chi connectivity index (χ1) is 18.2. The van der Waals surface area contributed by atoms with Gasteiger partial charge in [0.15, 0.2) is 12.0 Å². The fraction of sp³-hybridized carbons (Fsp3) is 0.276. The van der Waals surface area contributed by atoms with Crippen molar-refractivity contribution in [2.45, 2.75) is 32.0 Å². The van der Waals surface area contributed by atoms with Crippen LogP contribution in [0.15, 0.2) is 71.7 Å². The van der Waals surface area contributed by atoms with Crippen molar-refractivity contribution in [3.8, 4) is 5.75 Å². The molecule has 2 aromatic carbocycles. The van der Waals surface area contributed by atoms with Crippen molar-refractivity contribution in [1.29, 1.82) is 0 Å². The van der Waals surface area contributed by atoms with Crippen LogP contribution in [0.1, 0.15) is 45.3 Å². The van der Waals surface area contributed by atoms with Crippen molar-refractivity contribution in [3.63, 3.8) is 0 Å². The number of aromatic nitrogens is 1. The van der Waals surface area contributed by atoms with Crippen LogP contribution in [-0.4, -0.2) is 41.8 Å². The number of ether oxygens (including phenoxy) is 1. The highest BCUT2D eigenvalue weighted by atomic mass is 19.1. The molecule has 1 N–H and O–H groups in total. The largest absolute Gasteiger partial charge is 0.483 e. The van der Waals surface area contributed by atoms with Crippen molar-refractivity contribution < 1.29 is 23.1 Å². The van der Waals surface area contributed by atoms with Gasteiger partial charge in [-0.1, -0.05) is 48.6 Å². The van der Waals surface area contributed by atoms with Gasteiger partial charge in [0.2, 0.25) is 5.43 Å². The number of allylic oxidation sites excluding steroid dienone is 1.